The first-order chi connectivity index (χ1) is 8.74. The predicted octanol–water partition coefficient (Wildman–Crippen LogP) is 3.69. The minimum absolute atomic E-state index is 0. The number of hydrogen-bond donors (Lipinski definition) is 0. The van der Waals surface area contributed by atoms with Crippen LogP contribution in [-0.4, -0.2) is 17.2 Å². The zero-order valence-corrected chi connectivity index (χ0v) is 13.2. The topological polar surface area (TPSA) is 63.0 Å². The summed E-state index contributed by atoms with van der Waals surface area (Å²) in [4.78, 5) is 1.32. The van der Waals surface area contributed by atoms with Crippen LogP contribution >= 0.6 is 11.8 Å². The van der Waals surface area contributed by atoms with Gasteiger partial charge in [-0.2, -0.15) is 0 Å². The van der Waals surface area contributed by atoms with Gasteiger partial charge in [-0.3, -0.25) is 0 Å². The standard InChI is InChI=1S/C17H20S.2H2O/c1-4-6-14-9-10-17(13(2)11-14)15-7-5-8-16(12-15)18-3;;/h5,7-12H,4,6H2,1-3H3;2*1H2. The predicted molar refractivity (Wildman–Crippen MR) is 89.6 cm³/mol. The maximum Gasteiger partial charge on any atom is 0.00752 e. The summed E-state index contributed by atoms with van der Waals surface area (Å²) >= 11 is 1.79. The summed E-state index contributed by atoms with van der Waals surface area (Å²) in [5, 5.41) is 0. The third kappa shape index (κ3) is 4.37. The molecule has 2 rings (SSSR count). The maximum absolute atomic E-state index is 2.32. The highest BCUT2D eigenvalue weighted by Crippen LogP contribution is 2.27. The molecule has 2 nitrogen and oxygen atoms in total. The van der Waals surface area contributed by atoms with Gasteiger partial charge in [0.2, 0.25) is 0 Å². The van der Waals surface area contributed by atoms with Gasteiger partial charge >= 0.3 is 0 Å². The molecule has 0 saturated carbocycles. The molecule has 0 fully saturated rings. The molecular formula is C17H24O2S. The summed E-state index contributed by atoms with van der Waals surface area (Å²) in [7, 11) is 0. The SMILES string of the molecule is CCCc1ccc(-c2cccc(SC)c2)c(C)c1.O.O. The second-order valence-corrected chi connectivity index (χ2v) is 5.51. The van der Waals surface area contributed by atoms with Gasteiger partial charge in [0.25, 0.3) is 0 Å². The van der Waals surface area contributed by atoms with Gasteiger partial charge in [-0.15, -0.1) is 11.8 Å². The lowest BCUT2D eigenvalue weighted by atomic mass is 9.97. The van der Waals surface area contributed by atoms with Crippen molar-refractivity contribution in [1.29, 1.82) is 0 Å². The lowest BCUT2D eigenvalue weighted by molar-refractivity contribution is 0.823. The highest BCUT2D eigenvalue weighted by molar-refractivity contribution is 7.98. The van der Waals surface area contributed by atoms with Crippen LogP contribution in [0.3, 0.4) is 0 Å². The van der Waals surface area contributed by atoms with E-state index >= 15 is 0 Å². The van der Waals surface area contributed by atoms with E-state index in [1.807, 2.05) is 0 Å². The second kappa shape index (κ2) is 8.80. The van der Waals surface area contributed by atoms with Crippen LogP contribution in [0.1, 0.15) is 24.5 Å². The van der Waals surface area contributed by atoms with Gasteiger partial charge in [0.15, 0.2) is 0 Å². The van der Waals surface area contributed by atoms with Gasteiger partial charge in [0.05, 0.1) is 0 Å². The molecule has 0 aromatic heterocycles. The van der Waals surface area contributed by atoms with Crippen LogP contribution in [-0.2, 0) is 6.42 Å². The van der Waals surface area contributed by atoms with E-state index in [0.29, 0.717) is 0 Å². The number of thioether (sulfide) groups is 1. The molecule has 0 aliphatic rings. The molecule has 2 aromatic rings. The van der Waals surface area contributed by atoms with Crippen molar-refractivity contribution in [3.05, 3.63) is 53.6 Å². The van der Waals surface area contributed by atoms with E-state index in [1.54, 1.807) is 11.8 Å². The largest absolute Gasteiger partial charge is 0.412 e. The van der Waals surface area contributed by atoms with Crippen molar-refractivity contribution in [2.45, 2.75) is 31.6 Å². The van der Waals surface area contributed by atoms with Crippen LogP contribution in [0.4, 0.5) is 0 Å². The molecule has 4 N–H and O–H groups in total. The molecule has 0 heterocycles. The van der Waals surface area contributed by atoms with Crippen LogP contribution in [0.25, 0.3) is 11.1 Å². The van der Waals surface area contributed by atoms with Gasteiger partial charge in [-0.05, 0) is 54.0 Å². The zero-order chi connectivity index (χ0) is 13.0. The van der Waals surface area contributed by atoms with E-state index in [4.69, 9.17) is 0 Å². The van der Waals surface area contributed by atoms with Gasteiger partial charge < -0.3 is 11.0 Å². The van der Waals surface area contributed by atoms with E-state index in [2.05, 4.69) is 62.6 Å². The minimum atomic E-state index is 0. The van der Waals surface area contributed by atoms with E-state index in [0.717, 1.165) is 0 Å². The molecule has 0 aliphatic carbocycles. The fraction of sp³-hybridized carbons (Fsp3) is 0.294. The Kier molecular flexibility index (Phi) is 8.23. The molecular weight excluding hydrogens is 268 g/mol. The first kappa shape index (κ1) is 18.7. The molecule has 0 saturated heterocycles. The Bertz CT molecular complexity index is 538. The van der Waals surface area contributed by atoms with Gasteiger partial charge in [0, 0.05) is 4.90 Å². The summed E-state index contributed by atoms with van der Waals surface area (Å²) in [6.07, 6.45) is 4.50. The van der Waals surface area contributed by atoms with Crippen LogP contribution in [0.2, 0.25) is 0 Å². The zero-order valence-electron chi connectivity index (χ0n) is 12.4. The molecule has 2 aromatic carbocycles. The summed E-state index contributed by atoms with van der Waals surface area (Å²) in [5.41, 5.74) is 5.49. The van der Waals surface area contributed by atoms with Crippen molar-refractivity contribution in [3.8, 4) is 11.1 Å². The van der Waals surface area contributed by atoms with Crippen molar-refractivity contribution >= 4 is 11.8 Å². The molecule has 0 spiro atoms. The number of rotatable bonds is 4. The molecule has 0 unspecified atom stereocenters. The molecule has 20 heavy (non-hydrogen) atoms. The molecule has 0 atom stereocenters. The summed E-state index contributed by atoms with van der Waals surface area (Å²) in [6.45, 7) is 4.44. The average molecular weight is 292 g/mol. The van der Waals surface area contributed by atoms with Crippen molar-refractivity contribution in [3.63, 3.8) is 0 Å². The summed E-state index contributed by atoms with van der Waals surface area (Å²) in [6, 6.07) is 15.6. The Morgan fingerprint density at radius 1 is 1.00 bits per heavy atom. The Morgan fingerprint density at radius 2 is 1.75 bits per heavy atom. The van der Waals surface area contributed by atoms with Crippen LogP contribution in [0.15, 0.2) is 47.4 Å². The lowest BCUT2D eigenvalue weighted by Gasteiger charge is -2.09. The first-order valence-electron chi connectivity index (χ1n) is 6.48. The molecule has 0 aliphatic heterocycles. The van der Waals surface area contributed by atoms with Crippen LogP contribution < -0.4 is 0 Å². The van der Waals surface area contributed by atoms with Gasteiger partial charge in [0.1, 0.15) is 0 Å². The maximum atomic E-state index is 2.32. The Balaban J connectivity index is 0.00000180. The monoisotopic (exact) mass is 292 g/mol. The Hall–Kier alpha value is -1.29. The number of benzene rings is 2. The summed E-state index contributed by atoms with van der Waals surface area (Å²) in [5.74, 6) is 0. The Labute approximate surface area is 125 Å². The highest BCUT2D eigenvalue weighted by Gasteiger charge is 2.03. The van der Waals surface area contributed by atoms with Crippen molar-refractivity contribution in [2.24, 2.45) is 0 Å². The van der Waals surface area contributed by atoms with Crippen molar-refractivity contribution in [1.82, 2.24) is 0 Å². The molecule has 3 heteroatoms. The molecule has 0 bridgehead atoms. The van der Waals surface area contributed by atoms with Crippen molar-refractivity contribution < 1.29 is 11.0 Å². The van der Waals surface area contributed by atoms with E-state index < -0.39 is 0 Å². The van der Waals surface area contributed by atoms with Gasteiger partial charge in [-0.1, -0.05) is 43.7 Å². The smallest absolute Gasteiger partial charge is 0.00752 e. The third-order valence-electron chi connectivity index (χ3n) is 3.21. The van der Waals surface area contributed by atoms with E-state index in [9.17, 15) is 0 Å². The van der Waals surface area contributed by atoms with E-state index in [-0.39, 0.29) is 11.0 Å². The number of aryl methyl sites for hydroxylation is 2. The lowest BCUT2D eigenvalue weighted by Crippen LogP contribution is -1.88. The first-order valence-corrected chi connectivity index (χ1v) is 7.71. The third-order valence-corrected chi connectivity index (χ3v) is 3.94. The van der Waals surface area contributed by atoms with Crippen LogP contribution in [0, 0.1) is 6.92 Å². The van der Waals surface area contributed by atoms with Crippen molar-refractivity contribution in [2.75, 3.05) is 6.26 Å². The molecule has 0 amide bonds. The summed E-state index contributed by atoms with van der Waals surface area (Å²) < 4.78 is 0. The second-order valence-electron chi connectivity index (χ2n) is 4.63. The normalized spacial score (nSPS) is 9.55. The molecule has 0 radical (unpaired) electrons. The average Bonchev–Trinajstić information content (AvgIpc) is 2.39. The highest BCUT2D eigenvalue weighted by atomic mass is 32.2. The number of hydrogen-bond acceptors (Lipinski definition) is 1. The van der Waals surface area contributed by atoms with E-state index in [1.165, 1.54) is 40.0 Å². The minimum Gasteiger partial charge on any atom is -0.412 e. The van der Waals surface area contributed by atoms with Gasteiger partial charge in [-0.25, -0.2) is 0 Å². The Morgan fingerprint density at radius 3 is 2.35 bits per heavy atom. The molecule has 110 valence electrons. The fourth-order valence-corrected chi connectivity index (χ4v) is 2.74. The quantitative estimate of drug-likeness (QED) is 0.793. The fourth-order valence-electron chi connectivity index (χ4n) is 2.28. The van der Waals surface area contributed by atoms with Crippen LogP contribution in [0.5, 0.6) is 0 Å².